The summed E-state index contributed by atoms with van der Waals surface area (Å²) in [6, 6.07) is 0. The minimum atomic E-state index is 0.119. The minimum Gasteiger partial charge on any atom is -0.381 e. The standard InChI is InChI=1S/C3H5NS2/c5-6-2-1-4-3-6/h1-2,4H,3H2. The van der Waals surface area contributed by atoms with E-state index in [1.165, 1.54) is 0 Å². The van der Waals surface area contributed by atoms with E-state index in [1.807, 2.05) is 11.6 Å². The normalized spacial score (nSPS) is 30.3. The molecule has 0 bridgehead atoms. The van der Waals surface area contributed by atoms with Gasteiger partial charge in [-0.25, -0.2) is 0 Å². The first-order valence-corrected chi connectivity index (χ1v) is 4.05. The summed E-state index contributed by atoms with van der Waals surface area (Å²) in [4.78, 5) is 0. The average Bonchev–Trinajstić information content (AvgIpc) is 1.86. The highest BCUT2D eigenvalue weighted by atomic mass is 32.8. The zero-order valence-electron chi connectivity index (χ0n) is 3.18. The highest BCUT2D eigenvalue weighted by Crippen LogP contribution is 1.87. The van der Waals surface area contributed by atoms with Crippen molar-refractivity contribution in [1.29, 1.82) is 0 Å². The summed E-state index contributed by atoms with van der Waals surface area (Å²) in [6.07, 6.45) is 1.91. The summed E-state index contributed by atoms with van der Waals surface area (Å²) < 4.78 is 0. The highest BCUT2D eigenvalue weighted by Gasteiger charge is 1.89. The molecule has 34 valence electrons. The molecule has 1 heterocycles. The summed E-state index contributed by atoms with van der Waals surface area (Å²) in [7, 11) is 0.119. The topological polar surface area (TPSA) is 12.0 Å². The highest BCUT2D eigenvalue weighted by molar-refractivity contribution is 8.30. The van der Waals surface area contributed by atoms with Crippen LogP contribution < -0.4 is 5.32 Å². The van der Waals surface area contributed by atoms with Gasteiger partial charge in [-0.05, 0) is 16.6 Å². The molecule has 0 saturated carbocycles. The van der Waals surface area contributed by atoms with Crippen molar-refractivity contribution < 1.29 is 0 Å². The molecule has 1 aliphatic heterocycles. The van der Waals surface area contributed by atoms with E-state index in [0.29, 0.717) is 0 Å². The first kappa shape index (κ1) is 4.27. The van der Waals surface area contributed by atoms with Crippen LogP contribution in [0.4, 0.5) is 0 Å². The Kier molecular flexibility index (Phi) is 1.22. The van der Waals surface area contributed by atoms with Crippen molar-refractivity contribution >= 4 is 20.6 Å². The fraction of sp³-hybridized carbons (Fsp3) is 0.333. The molecule has 0 saturated heterocycles. The van der Waals surface area contributed by atoms with Crippen molar-refractivity contribution in [3.63, 3.8) is 0 Å². The van der Waals surface area contributed by atoms with E-state index in [1.54, 1.807) is 0 Å². The van der Waals surface area contributed by atoms with Crippen LogP contribution in [0.1, 0.15) is 0 Å². The van der Waals surface area contributed by atoms with E-state index in [-0.39, 0.29) is 9.45 Å². The third-order valence-electron chi connectivity index (χ3n) is 0.563. The van der Waals surface area contributed by atoms with Crippen molar-refractivity contribution in [2.75, 3.05) is 5.88 Å². The Morgan fingerprint density at radius 2 is 2.67 bits per heavy atom. The second-order valence-corrected chi connectivity index (χ2v) is 3.64. The third-order valence-corrected chi connectivity index (χ3v) is 2.14. The monoisotopic (exact) mass is 119 g/mol. The first-order valence-electron chi connectivity index (χ1n) is 1.67. The smallest absolute Gasteiger partial charge is 0.0689 e. The van der Waals surface area contributed by atoms with E-state index in [2.05, 4.69) is 5.32 Å². The lowest BCUT2D eigenvalue weighted by Gasteiger charge is -1.82. The quantitative estimate of drug-likeness (QED) is 0.485. The largest absolute Gasteiger partial charge is 0.381 e. The van der Waals surface area contributed by atoms with Crippen molar-refractivity contribution in [2.24, 2.45) is 0 Å². The van der Waals surface area contributed by atoms with Crippen LogP contribution in [0.2, 0.25) is 0 Å². The number of rotatable bonds is 0. The molecule has 1 rings (SSSR count). The lowest BCUT2D eigenvalue weighted by molar-refractivity contribution is 1.08. The van der Waals surface area contributed by atoms with Crippen LogP contribution in [0.25, 0.3) is 0 Å². The summed E-state index contributed by atoms with van der Waals surface area (Å²) in [5.74, 6) is 0.968. The Hall–Kier alpha value is 0.110. The second-order valence-electron chi connectivity index (χ2n) is 1.03. The molecule has 0 spiro atoms. The lowest BCUT2D eigenvalue weighted by Crippen LogP contribution is -2.00. The molecule has 3 heteroatoms. The molecule has 0 radical (unpaired) electrons. The minimum absolute atomic E-state index is 0.119. The van der Waals surface area contributed by atoms with Gasteiger partial charge in [0.25, 0.3) is 0 Å². The molecular formula is C3H5NS2. The van der Waals surface area contributed by atoms with E-state index in [4.69, 9.17) is 11.2 Å². The third kappa shape index (κ3) is 0.786. The van der Waals surface area contributed by atoms with Gasteiger partial charge in [0.1, 0.15) is 0 Å². The Morgan fingerprint density at radius 1 is 1.83 bits per heavy atom. The summed E-state index contributed by atoms with van der Waals surface area (Å²) >= 11 is 4.88. The maximum atomic E-state index is 4.88. The van der Waals surface area contributed by atoms with Crippen molar-refractivity contribution in [3.05, 3.63) is 11.6 Å². The molecule has 0 aliphatic carbocycles. The molecule has 6 heavy (non-hydrogen) atoms. The molecular weight excluding hydrogens is 114 g/mol. The Morgan fingerprint density at radius 3 is 2.83 bits per heavy atom. The molecule has 1 nitrogen and oxygen atoms in total. The van der Waals surface area contributed by atoms with Gasteiger partial charge < -0.3 is 5.32 Å². The van der Waals surface area contributed by atoms with Gasteiger partial charge in [0.15, 0.2) is 0 Å². The molecule has 0 amide bonds. The zero-order valence-corrected chi connectivity index (χ0v) is 4.81. The van der Waals surface area contributed by atoms with E-state index in [9.17, 15) is 0 Å². The Balaban J connectivity index is 2.59. The molecule has 0 aromatic carbocycles. The summed E-state index contributed by atoms with van der Waals surface area (Å²) in [5, 5.41) is 5.01. The van der Waals surface area contributed by atoms with Crippen LogP contribution >= 0.6 is 0 Å². The van der Waals surface area contributed by atoms with Gasteiger partial charge in [-0.15, -0.1) is 0 Å². The fourth-order valence-corrected chi connectivity index (χ4v) is 1.28. The second kappa shape index (κ2) is 1.71. The van der Waals surface area contributed by atoms with Crippen molar-refractivity contribution in [1.82, 2.24) is 5.32 Å². The van der Waals surface area contributed by atoms with Crippen LogP contribution in [0.5, 0.6) is 0 Å². The number of nitrogens with one attached hydrogen (secondary N) is 1. The van der Waals surface area contributed by atoms with Gasteiger partial charge in [-0.3, -0.25) is 0 Å². The average molecular weight is 119 g/mol. The molecule has 1 aliphatic rings. The van der Waals surface area contributed by atoms with Crippen LogP contribution in [-0.4, -0.2) is 5.88 Å². The maximum absolute atomic E-state index is 4.88. The molecule has 0 aromatic heterocycles. The van der Waals surface area contributed by atoms with Gasteiger partial charge in [0.2, 0.25) is 0 Å². The van der Waals surface area contributed by atoms with E-state index in [0.717, 1.165) is 5.88 Å². The predicted octanol–water partition coefficient (Wildman–Crippen LogP) is 0.0985. The van der Waals surface area contributed by atoms with Crippen LogP contribution in [0.15, 0.2) is 11.6 Å². The molecule has 1 atom stereocenters. The molecule has 1 N–H and O–H groups in total. The maximum Gasteiger partial charge on any atom is 0.0689 e. The summed E-state index contributed by atoms with van der Waals surface area (Å²) in [5.41, 5.74) is 0. The van der Waals surface area contributed by atoms with Crippen LogP contribution in [0, 0.1) is 0 Å². The SMILES string of the molecule is S=S1C=CNC1. The molecule has 0 aromatic rings. The fourth-order valence-electron chi connectivity index (χ4n) is 0.302. The number of hydrogen-bond donors (Lipinski definition) is 1. The number of hydrogen-bond acceptors (Lipinski definition) is 2. The van der Waals surface area contributed by atoms with Gasteiger partial charge >= 0.3 is 0 Å². The van der Waals surface area contributed by atoms with Gasteiger partial charge in [-0.2, -0.15) is 0 Å². The Labute approximate surface area is 44.0 Å². The molecule has 0 fully saturated rings. The van der Waals surface area contributed by atoms with Crippen molar-refractivity contribution in [2.45, 2.75) is 0 Å². The van der Waals surface area contributed by atoms with Gasteiger partial charge in [0.05, 0.1) is 5.88 Å². The van der Waals surface area contributed by atoms with Crippen LogP contribution in [-0.2, 0) is 20.6 Å². The van der Waals surface area contributed by atoms with Crippen LogP contribution in [0.3, 0.4) is 0 Å². The summed E-state index contributed by atoms with van der Waals surface area (Å²) in [6.45, 7) is 0. The zero-order chi connectivity index (χ0) is 4.41. The van der Waals surface area contributed by atoms with E-state index >= 15 is 0 Å². The lowest BCUT2D eigenvalue weighted by atomic mass is 11.0. The Bertz CT molecular complexity index is 97.0. The predicted molar refractivity (Wildman–Crippen MR) is 31.9 cm³/mol. The van der Waals surface area contributed by atoms with Crippen molar-refractivity contribution in [3.8, 4) is 0 Å². The first-order chi connectivity index (χ1) is 2.89. The molecule has 1 unspecified atom stereocenters. The van der Waals surface area contributed by atoms with Gasteiger partial charge in [0, 0.05) is 6.20 Å². The van der Waals surface area contributed by atoms with Gasteiger partial charge in [-0.1, -0.05) is 9.45 Å². The van der Waals surface area contributed by atoms with E-state index < -0.39 is 0 Å².